The maximum atomic E-state index is 10.9. The monoisotopic (exact) mass is 371 g/mol. The van der Waals surface area contributed by atoms with E-state index in [-0.39, 0.29) is 6.04 Å². The van der Waals surface area contributed by atoms with E-state index in [1.165, 1.54) is 0 Å². The molecule has 136 valence electrons. The molecular weight excluding hydrogens is 350 g/mol. The molecule has 0 unspecified atom stereocenters. The average molecular weight is 371 g/mol. The molecule has 0 aliphatic carbocycles. The molecule has 1 aromatic heterocycles. The summed E-state index contributed by atoms with van der Waals surface area (Å²) in [6, 6.07) is 11.7. The quantitative estimate of drug-likeness (QED) is 0.802. The Bertz CT molecular complexity index is 809. The summed E-state index contributed by atoms with van der Waals surface area (Å²) in [6.45, 7) is 2.37. The van der Waals surface area contributed by atoms with Gasteiger partial charge in [-0.1, -0.05) is 23.1 Å². The van der Waals surface area contributed by atoms with Gasteiger partial charge < -0.3 is 4.90 Å². The summed E-state index contributed by atoms with van der Waals surface area (Å²) in [5.41, 5.74) is 2.92. The molecule has 1 atom stereocenters. The normalized spacial score (nSPS) is 23.8. The minimum absolute atomic E-state index is 0.000687. The summed E-state index contributed by atoms with van der Waals surface area (Å²) in [4.78, 5) is 5.70. The molecule has 26 heavy (non-hydrogen) atoms. The van der Waals surface area contributed by atoms with E-state index in [0.717, 1.165) is 23.2 Å². The molecule has 0 amide bonds. The molecular formula is C18H21N5O2S. The first kappa shape index (κ1) is 17.1. The maximum absolute atomic E-state index is 10.9. The number of benzene rings is 1. The Morgan fingerprint density at radius 2 is 1.69 bits per heavy atom. The van der Waals surface area contributed by atoms with E-state index in [0.29, 0.717) is 26.2 Å². The van der Waals surface area contributed by atoms with Crippen LogP contribution in [0, 0.1) is 11.5 Å². The molecule has 0 radical (unpaired) electrons. The van der Waals surface area contributed by atoms with Crippen LogP contribution in [0.3, 0.4) is 0 Å². The Kier molecular flexibility index (Phi) is 4.46. The molecule has 8 heteroatoms. The zero-order valence-corrected chi connectivity index (χ0v) is 15.1. The van der Waals surface area contributed by atoms with Crippen LogP contribution >= 0.6 is 11.0 Å². The molecule has 2 aliphatic rings. The Morgan fingerprint density at radius 1 is 1.00 bits per heavy atom. The maximum Gasteiger partial charge on any atom is 0.179 e. The van der Waals surface area contributed by atoms with Gasteiger partial charge in [-0.05, 0) is 41.8 Å². The third-order valence-corrected chi connectivity index (χ3v) is 7.11. The Labute approximate surface area is 154 Å². The number of nitriles is 1. The standard InChI is InChI=1S/C18H21N5O2S/c19-14-21-10-7-18(13-21)23-12-11-22(26(23,24)25)17-3-1-15(2-4-17)16-5-8-20-9-6-16/h1-6,8-9,18,24-25H,7,10-13H2/t18-/m1/s1. The van der Waals surface area contributed by atoms with Crippen molar-refractivity contribution in [2.45, 2.75) is 12.5 Å². The van der Waals surface area contributed by atoms with Crippen LogP contribution in [0.15, 0.2) is 48.8 Å². The van der Waals surface area contributed by atoms with Crippen LogP contribution in [0.5, 0.6) is 0 Å². The van der Waals surface area contributed by atoms with Crippen molar-refractivity contribution in [3.05, 3.63) is 48.8 Å². The van der Waals surface area contributed by atoms with Gasteiger partial charge in [0, 0.05) is 32.0 Å². The number of anilines is 1. The van der Waals surface area contributed by atoms with E-state index in [9.17, 15) is 9.11 Å². The average Bonchev–Trinajstić information content (AvgIpc) is 3.26. The van der Waals surface area contributed by atoms with Gasteiger partial charge in [0.15, 0.2) is 6.19 Å². The van der Waals surface area contributed by atoms with Gasteiger partial charge in [-0.2, -0.15) is 9.57 Å². The van der Waals surface area contributed by atoms with E-state index >= 15 is 0 Å². The van der Waals surface area contributed by atoms with Gasteiger partial charge in [0.1, 0.15) is 0 Å². The first-order valence-electron chi connectivity index (χ1n) is 8.57. The summed E-state index contributed by atoms with van der Waals surface area (Å²) >= 11 is 0. The smallest absolute Gasteiger partial charge is 0.179 e. The van der Waals surface area contributed by atoms with Crippen molar-refractivity contribution in [1.82, 2.24) is 14.2 Å². The third kappa shape index (κ3) is 2.99. The van der Waals surface area contributed by atoms with Gasteiger partial charge in [0.05, 0.1) is 18.3 Å². The number of rotatable bonds is 3. The number of pyridine rings is 1. The molecule has 2 fully saturated rings. The fraction of sp³-hybridized carbons (Fsp3) is 0.333. The highest BCUT2D eigenvalue weighted by atomic mass is 32.3. The van der Waals surface area contributed by atoms with Crippen molar-refractivity contribution in [2.75, 3.05) is 30.5 Å². The lowest BCUT2D eigenvalue weighted by atomic mass is 10.1. The molecule has 2 saturated heterocycles. The molecule has 2 N–H and O–H groups in total. The lowest BCUT2D eigenvalue weighted by molar-refractivity contribution is 0.310. The topological polar surface area (TPSA) is 86.9 Å². The van der Waals surface area contributed by atoms with Crippen LogP contribution in [0.4, 0.5) is 5.69 Å². The zero-order valence-electron chi connectivity index (χ0n) is 14.3. The van der Waals surface area contributed by atoms with Crippen molar-refractivity contribution < 1.29 is 9.11 Å². The zero-order chi connectivity index (χ0) is 18.1. The predicted molar refractivity (Wildman–Crippen MR) is 102 cm³/mol. The molecule has 4 rings (SSSR count). The second kappa shape index (κ2) is 6.78. The van der Waals surface area contributed by atoms with Gasteiger partial charge in [-0.3, -0.25) is 18.4 Å². The van der Waals surface area contributed by atoms with Crippen molar-refractivity contribution in [3.63, 3.8) is 0 Å². The van der Waals surface area contributed by atoms with E-state index in [1.54, 1.807) is 25.9 Å². The number of nitrogens with zero attached hydrogens (tertiary/aromatic N) is 5. The van der Waals surface area contributed by atoms with Crippen molar-refractivity contribution in [3.8, 4) is 17.3 Å². The lowest BCUT2D eigenvalue weighted by Gasteiger charge is -2.45. The number of aromatic nitrogens is 1. The van der Waals surface area contributed by atoms with Crippen LogP contribution in [-0.2, 0) is 0 Å². The molecule has 0 bridgehead atoms. The van der Waals surface area contributed by atoms with Crippen LogP contribution in [0.25, 0.3) is 11.1 Å². The van der Waals surface area contributed by atoms with Gasteiger partial charge >= 0.3 is 0 Å². The lowest BCUT2D eigenvalue weighted by Crippen LogP contribution is -2.38. The fourth-order valence-electron chi connectivity index (χ4n) is 3.65. The van der Waals surface area contributed by atoms with Crippen LogP contribution < -0.4 is 4.31 Å². The third-order valence-electron chi connectivity index (χ3n) is 5.01. The van der Waals surface area contributed by atoms with Crippen LogP contribution in [0.1, 0.15) is 6.42 Å². The highest BCUT2D eigenvalue weighted by Crippen LogP contribution is 2.55. The summed E-state index contributed by atoms with van der Waals surface area (Å²) < 4.78 is 25.2. The molecule has 1 aromatic carbocycles. The Hall–Kier alpha value is -2.31. The summed E-state index contributed by atoms with van der Waals surface area (Å²) in [7, 11) is -3.05. The molecule has 7 nitrogen and oxygen atoms in total. The fourth-order valence-corrected chi connectivity index (χ4v) is 5.53. The summed E-state index contributed by atoms with van der Waals surface area (Å²) in [6.07, 6.45) is 6.43. The van der Waals surface area contributed by atoms with Gasteiger partial charge in [0.25, 0.3) is 0 Å². The minimum atomic E-state index is -3.05. The van der Waals surface area contributed by atoms with Gasteiger partial charge in [0.2, 0.25) is 0 Å². The van der Waals surface area contributed by atoms with Crippen molar-refractivity contribution in [2.24, 2.45) is 0 Å². The van der Waals surface area contributed by atoms with E-state index < -0.39 is 11.0 Å². The molecule has 0 saturated carbocycles. The minimum Gasteiger partial charge on any atom is -0.309 e. The number of likely N-dealkylation sites (tertiary alicyclic amines) is 1. The molecule has 0 spiro atoms. The van der Waals surface area contributed by atoms with Crippen LogP contribution in [0.2, 0.25) is 0 Å². The first-order valence-corrected chi connectivity index (χ1v) is 10.0. The first-order chi connectivity index (χ1) is 12.6. The molecule has 3 heterocycles. The number of hydrogen-bond acceptors (Lipinski definition) is 7. The highest BCUT2D eigenvalue weighted by Gasteiger charge is 2.43. The summed E-state index contributed by atoms with van der Waals surface area (Å²) in [5.74, 6) is 0. The Morgan fingerprint density at radius 3 is 2.35 bits per heavy atom. The Balaban J connectivity index is 1.52. The summed E-state index contributed by atoms with van der Waals surface area (Å²) in [5, 5.41) is 9.03. The van der Waals surface area contributed by atoms with Gasteiger partial charge in [-0.25, -0.2) is 0 Å². The predicted octanol–water partition coefficient (Wildman–Crippen LogP) is 3.01. The van der Waals surface area contributed by atoms with Crippen molar-refractivity contribution in [1.29, 1.82) is 5.26 Å². The number of hydrogen-bond donors (Lipinski definition) is 2. The van der Waals surface area contributed by atoms with Gasteiger partial charge in [-0.15, -0.1) is 0 Å². The van der Waals surface area contributed by atoms with E-state index in [2.05, 4.69) is 11.2 Å². The highest BCUT2D eigenvalue weighted by molar-refractivity contribution is 8.23. The second-order valence-electron chi connectivity index (χ2n) is 6.50. The van der Waals surface area contributed by atoms with E-state index in [4.69, 9.17) is 5.26 Å². The molecule has 2 aromatic rings. The second-order valence-corrected chi connectivity index (χ2v) is 8.39. The largest absolute Gasteiger partial charge is 0.309 e. The SMILES string of the molecule is N#CN1CC[C@@H](N2CCN(c3ccc(-c4ccncc4)cc3)S2(O)O)C1. The van der Waals surface area contributed by atoms with Crippen LogP contribution in [-0.4, -0.2) is 55.5 Å². The van der Waals surface area contributed by atoms with Crippen molar-refractivity contribution >= 4 is 16.6 Å². The van der Waals surface area contributed by atoms with E-state index in [1.807, 2.05) is 36.4 Å². The molecule has 2 aliphatic heterocycles.